The number of rotatable bonds is 5. The second-order valence-corrected chi connectivity index (χ2v) is 4.44. The molecular weight excluding hydrogens is 170 g/mol. The highest BCUT2D eigenvalue weighted by Gasteiger charge is 2.13. The lowest BCUT2D eigenvalue weighted by Gasteiger charge is -2.29. The topological polar surface area (TPSA) is 3.24 Å². The summed E-state index contributed by atoms with van der Waals surface area (Å²) in [4.78, 5) is 2.64. The first-order valence-corrected chi connectivity index (χ1v) is 6.22. The zero-order valence-electron chi connectivity index (χ0n) is 9.84. The Morgan fingerprint density at radius 1 is 1.21 bits per heavy atom. The Kier molecular flexibility index (Phi) is 5.93. The second kappa shape index (κ2) is 7.05. The van der Waals surface area contributed by atoms with Crippen LogP contribution in [0.3, 0.4) is 0 Å². The van der Waals surface area contributed by atoms with Crippen LogP contribution in [0.15, 0.2) is 12.2 Å². The van der Waals surface area contributed by atoms with Gasteiger partial charge in [0, 0.05) is 6.54 Å². The molecule has 1 saturated heterocycles. The Labute approximate surface area is 89.2 Å². The molecule has 1 unspecified atom stereocenters. The Bertz CT molecular complexity index is 157. The van der Waals surface area contributed by atoms with Crippen LogP contribution in [0.4, 0.5) is 0 Å². The summed E-state index contributed by atoms with van der Waals surface area (Å²) in [6.07, 6.45) is 11.5. The molecule has 1 aliphatic heterocycles. The van der Waals surface area contributed by atoms with Crippen LogP contribution in [0.2, 0.25) is 0 Å². The molecule has 0 spiro atoms. The van der Waals surface area contributed by atoms with Gasteiger partial charge in [0.1, 0.15) is 0 Å². The summed E-state index contributed by atoms with van der Waals surface area (Å²) in [5.74, 6) is 0.795. The Morgan fingerprint density at radius 2 is 1.93 bits per heavy atom. The molecule has 82 valence electrons. The molecule has 1 nitrogen and oxygen atoms in total. The minimum absolute atomic E-state index is 0.795. The third-order valence-corrected chi connectivity index (χ3v) is 3.07. The van der Waals surface area contributed by atoms with Crippen molar-refractivity contribution in [1.29, 1.82) is 0 Å². The quantitative estimate of drug-likeness (QED) is 0.607. The van der Waals surface area contributed by atoms with Crippen molar-refractivity contribution in [3.8, 4) is 0 Å². The third kappa shape index (κ3) is 4.28. The molecule has 0 bridgehead atoms. The monoisotopic (exact) mass is 195 g/mol. The summed E-state index contributed by atoms with van der Waals surface area (Å²) in [6.45, 7) is 8.37. The first kappa shape index (κ1) is 11.8. The number of allylic oxidation sites excluding steroid dienone is 1. The van der Waals surface area contributed by atoms with Crippen molar-refractivity contribution < 1.29 is 0 Å². The maximum Gasteiger partial charge on any atom is 0.00443 e. The molecule has 0 aromatic carbocycles. The standard InChI is InChI=1S/C13H25N/c1-3-8-13(9-4-2)12-14-10-6-5-7-11-14/h3,8,13H,4-7,9-12H2,1-2H3. The van der Waals surface area contributed by atoms with Gasteiger partial charge < -0.3 is 4.90 Å². The summed E-state index contributed by atoms with van der Waals surface area (Å²) >= 11 is 0. The van der Waals surface area contributed by atoms with Crippen LogP contribution >= 0.6 is 0 Å². The lowest BCUT2D eigenvalue weighted by Crippen LogP contribution is -2.33. The van der Waals surface area contributed by atoms with E-state index in [0.717, 1.165) is 5.92 Å². The van der Waals surface area contributed by atoms with E-state index in [1.165, 1.54) is 51.7 Å². The smallest absolute Gasteiger partial charge is 0.00443 e. The second-order valence-electron chi connectivity index (χ2n) is 4.44. The average molecular weight is 195 g/mol. The van der Waals surface area contributed by atoms with E-state index in [2.05, 4.69) is 30.9 Å². The highest BCUT2D eigenvalue weighted by molar-refractivity contribution is 4.87. The van der Waals surface area contributed by atoms with Gasteiger partial charge in [-0.05, 0) is 45.2 Å². The largest absolute Gasteiger partial charge is 0.303 e. The fourth-order valence-corrected chi connectivity index (χ4v) is 2.36. The van der Waals surface area contributed by atoms with Crippen molar-refractivity contribution in [3.63, 3.8) is 0 Å². The van der Waals surface area contributed by atoms with E-state index in [0.29, 0.717) is 0 Å². The molecule has 1 atom stereocenters. The fraction of sp³-hybridized carbons (Fsp3) is 0.846. The van der Waals surface area contributed by atoms with Crippen LogP contribution < -0.4 is 0 Å². The van der Waals surface area contributed by atoms with Crippen LogP contribution in [-0.2, 0) is 0 Å². The zero-order chi connectivity index (χ0) is 10.2. The van der Waals surface area contributed by atoms with E-state index >= 15 is 0 Å². The molecule has 0 aliphatic carbocycles. The lowest BCUT2D eigenvalue weighted by atomic mass is 10.0. The molecule has 1 aliphatic rings. The summed E-state index contributed by atoms with van der Waals surface area (Å²) < 4.78 is 0. The Morgan fingerprint density at radius 3 is 2.50 bits per heavy atom. The normalized spacial score (nSPS) is 21.6. The highest BCUT2D eigenvalue weighted by atomic mass is 15.1. The van der Waals surface area contributed by atoms with Gasteiger partial charge in [0.15, 0.2) is 0 Å². The number of piperidine rings is 1. The SMILES string of the molecule is CC=CC(CCC)CN1CCCCC1. The van der Waals surface area contributed by atoms with E-state index in [1.807, 2.05) is 0 Å². The maximum absolute atomic E-state index is 2.64. The molecular formula is C13H25N. The van der Waals surface area contributed by atoms with Crippen LogP contribution in [-0.4, -0.2) is 24.5 Å². The van der Waals surface area contributed by atoms with E-state index in [4.69, 9.17) is 0 Å². The number of hydrogen-bond donors (Lipinski definition) is 0. The van der Waals surface area contributed by atoms with Gasteiger partial charge in [-0.15, -0.1) is 0 Å². The molecule has 0 aromatic rings. The van der Waals surface area contributed by atoms with E-state index in [9.17, 15) is 0 Å². The first-order valence-electron chi connectivity index (χ1n) is 6.22. The molecule has 0 radical (unpaired) electrons. The molecule has 0 aromatic heterocycles. The molecule has 0 N–H and O–H groups in total. The van der Waals surface area contributed by atoms with Crippen LogP contribution in [0.1, 0.15) is 46.0 Å². The number of hydrogen-bond acceptors (Lipinski definition) is 1. The number of nitrogens with zero attached hydrogens (tertiary/aromatic N) is 1. The molecule has 14 heavy (non-hydrogen) atoms. The third-order valence-electron chi connectivity index (χ3n) is 3.07. The zero-order valence-corrected chi connectivity index (χ0v) is 9.84. The summed E-state index contributed by atoms with van der Waals surface area (Å²) in [5.41, 5.74) is 0. The predicted octanol–water partition coefficient (Wildman–Crippen LogP) is 3.46. The van der Waals surface area contributed by atoms with Gasteiger partial charge >= 0.3 is 0 Å². The van der Waals surface area contributed by atoms with Crippen molar-refractivity contribution in [1.82, 2.24) is 4.90 Å². The van der Waals surface area contributed by atoms with Crippen molar-refractivity contribution in [2.75, 3.05) is 19.6 Å². The van der Waals surface area contributed by atoms with Crippen molar-refractivity contribution in [3.05, 3.63) is 12.2 Å². The molecule has 1 rings (SSSR count). The van der Waals surface area contributed by atoms with Crippen molar-refractivity contribution >= 4 is 0 Å². The molecule has 1 heterocycles. The summed E-state index contributed by atoms with van der Waals surface area (Å²) in [7, 11) is 0. The number of likely N-dealkylation sites (tertiary alicyclic amines) is 1. The van der Waals surface area contributed by atoms with Crippen molar-refractivity contribution in [2.45, 2.75) is 46.0 Å². The van der Waals surface area contributed by atoms with Gasteiger partial charge in [-0.1, -0.05) is 31.9 Å². The minimum Gasteiger partial charge on any atom is -0.303 e. The lowest BCUT2D eigenvalue weighted by molar-refractivity contribution is 0.205. The minimum atomic E-state index is 0.795. The van der Waals surface area contributed by atoms with Crippen molar-refractivity contribution in [2.24, 2.45) is 5.92 Å². The summed E-state index contributed by atoms with van der Waals surface area (Å²) in [5, 5.41) is 0. The molecule has 1 fully saturated rings. The maximum atomic E-state index is 2.64. The van der Waals surface area contributed by atoms with Gasteiger partial charge in [0.2, 0.25) is 0 Å². The van der Waals surface area contributed by atoms with Crippen LogP contribution in [0.25, 0.3) is 0 Å². The highest BCUT2D eigenvalue weighted by Crippen LogP contribution is 2.15. The predicted molar refractivity (Wildman–Crippen MR) is 63.5 cm³/mol. The van der Waals surface area contributed by atoms with Gasteiger partial charge in [-0.2, -0.15) is 0 Å². The Balaban J connectivity index is 2.29. The van der Waals surface area contributed by atoms with Crippen LogP contribution in [0, 0.1) is 5.92 Å². The van der Waals surface area contributed by atoms with Gasteiger partial charge in [-0.3, -0.25) is 0 Å². The van der Waals surface area contributed by atoms with Gasteiger partial charge in [0.25, 0.3) is 0 Å². The molecule has 0 amide bonds. The average Bonchev–Trinajstić information content (AvgIpc) is 2.20. The van der Waals surface area contributed by atoms with Gasteiger partial charge in [-0.25, -0.2) is 0 Å². The summed E-state index contributed by atoms with van der Waals surface area (Å²) in [6, 6.07) is 0. The van der Waals surface area contributed by atoms with E-state index in [1.54, 1.807) is 0 Å². The first-order chi connectivity index (χ1) is 6.86. The van der Waals surface area contributed by atoms with Gasteiger partial charge in [0.05, 0.1) is 0 Å². The molecule has 0 saturated carbocycles. The fourth-order valence-electron chi connectivity index (χ4n) is 2.36. The van der Waals surface area contributed by atoms with E-state index in [-0.39, 0.29) is 0 Å². The molecule has 1 heteroatoms. The van der Waals surface area contributed by atoms with E-state index < -0.39 is 0 Å². The van der Waals surface area contributed by atoms with Crippen LogP contribution in [0.5, 0.6) is 0 Å². The Hall–Kier alpha value is -0.300.